The summed E-state index contributed by atoms with van der Waals surface area (Å²) >= 11 is 0. The Balaban J connectivity index is 2.44. The van der Waals surface area contributed by atoms with Crippen LogP contribution in [0.1, 0.15) is 18.1 Å². The Morgan fingerprint density at radius 2 is 1.19 bits per heavy atom. The fraction of sp³-hybridized carbons (Fsp3) is 0.0625. The van der Waals surface area contributed by atoms with Gasteiger partial charge in [-0.05, 0) is 67.6 Å². The SMILES string of the molecule is C=C(C)[C+](c1ccccc1)c1ccccc1. The molecule has 0 saturated carbocycles. The van der Waals surface area contributed by atoms with Gasteiger partial charge in [-0.3, -0.25) is 0 Å². The van der Waals surface area contributed by atoms with Crippen molar-refractivity contribution in [1.29, 1.82) is 0 Å². The van der Waals surface area contributed by atoms with Crippen LogP contribution in [0, 0.1) is 5.92 Å². The van der Waals surface area contributed by atoms with Gasteiger partial charge in [0.2, 0.25) is 0 Å². The Kier molecular flexibility index (Phi) is 3.11. The van der Waals surface area contributed by atoms with Crippen LogP contribution in [0.5, 0.6) is 0 Å². The zero-order valence-corrected chi connectivity index (χ0v) is 9.48. The van der Waals surface area contributed by atoms with E-state index in [9.17, 15) is 0 Å². The van der Waals surface area contributed by atoms with Crippen LogP contribution in [0.2, 0.25) is 0 Å². The third-order valence-electron chi connectivity index (χ3n) is 2.55. The third-order valence-corrected chi connectivity index (χ3v) is 2.55. The molecule has 0 saturated heterocycles. The molecule has 0 bridgehead atoms. The van der Waals surface area contributed by atoms with Gasteiger partial charge in [-0.2, -0.15) is 0 Å². The highest BCUT2D eigenvalue weighted by Crippen LogP contribution is 2.28. The van der Waals surface area contributed by atoms with Crippen LogP contribution >= 0.6 is 0 Å². The normalized spacial score (nSPS) is 9.81. The molecule has 0 fully saturated rings. The summed E-state index contributed by atoms with van der Waals surface area (Å²) in [6.07, 6.45) is 0. The van der Waals surface area contributed by atoms with Crippen molar-refractivity contribution in [2.24, 2.45) is 0 Å². The van der Waals surface area contributed by atoms with Crippen LogP contribution in [0.25, 0.3) is 0 Å². The molecular weight excluding hydrogens is 192 g/mol. The largest absolute Gasteiger partial charge is 0.0645 e. The lowest BCUT2D eigenvalue weighted by atomic mass is 9.86. The minimum Gasteiger partial charge on any atom is -0.0512 e. The van der Waals surface area contributed by atoms with E-state index in [-0.39, 0.29) is 0 Å². The Labute approximate surface area is 97.3 Å². The van der Waals surface area contributed by atoms with Crippen molar-refractivity contribution in [3.63, 3.8) is 0 Å². The van der Waals surface area contributed by atoms with E-state index in [1.807, 2.05) is 12.1 Å². The van der Waals surface area contributed by atoms with Crippen LogP contribution in [0.4, 0.5) is 0 Å². The average molecular weight is 207 g/mol. The summed E-state index contributed by atoms with van der Waals surface area (Å²) in [5.74, 6) is 1.22. The summed E-state index contributed by atoms with van der Waals surface area (Å²) in [6, 6.07) is 20.8. The van der Waals surface area contributed by atoms with E-state index in [4.69, 9.17) is 0 Å². The molecule has 0 spiro atoms. The van der Waals surface area contributed by atoms with Gasteiger partial charge in [-0.25, -0.2) is 0 Å². The van der Waals surface area contributed by atoms with E-state index in [1.165, 1.54) is 17.0 Å². The minimum atomic E-state index is 1.09. The van der Waals surface area contributed by atoms with E-state index in [0.717, 1.165) is 5.57 Å². The van der Waals surface area contributed by atoms with E-state index >= 15 is 0 Å². The summed E-state index contributed by atoms with van der Waals surface area (Å²) < 4.78 is 0. The van der Waals surface area contributed by atoms with Crippen LogP contribution < -0.4 is 0 Å². The first-order valence-electron chi connectivity index (χ1n) is 5.42. The number of rotatable bonds is 3. The van der Waals surface area contributed by atoms with Crippen molar-refractivity contribution >= 4 is 0 Å². The summed E-state index contributed by atoms with van der Waals surface area (Å²) in [6.45, 7) is 6.12. The molecule has 0 aliphatic heterocycles. The standard InChI is InChI=1S/C16H15/c1-13(2)16(14-9-5-3-6-10-14)15-11-7-4-8-12-15/h3-12H,1H2,2H3/q+1. The van der Waals surface area contributed by atoms with Crippen molar-refractivity contribution in [2.75, 3.05) is 0 Å². The monoisotopic (exact) mass is 207 g/mol. The predicted octanol–water partition coefficient (Wildman–Crippen LogP) is 4.23. The minimum absolute atomic E-state index is 1.09. The maximum atomic E-state index is 4.07. The highest BCUT2D eigenvalue weighted by Gasteiger charge is 2.19. The van der Waals surface area contributed by atoms with Crippen LogP contribution in [0.15, 0.2) is 72.8 Å². The number of allylic oxidation sites excluding steroid dienone is 1. The number of hydrogen-bond donors (Lipinski definition) is 0. The van der Waals surface area contributed by atoms with Gasteiger partial charge < -0.3 is 0 Å². The summed E-state index contributed by atoms with van der Waals surface area (Å²) in [7, 11) is 0. The molecule has 0 aliphatic carbocycles. The molecular formula is C16H15+. The lowest BCUT2D eigenvalue weighted by molar-refractivity contribution is 1.20. The van der Waals surface area contributed by atoms with Gasteiger partial charge in [0.25, 0.3) is 0 Å². The van der Waals surface area contributed by atoms with Gasteiger partial charge >= 0.3 is 0 Å². The Morgan fingerprint density at radius 3 is 1.50 bits per heavy atom. The molecule has 0 aromatic heterocycles. The van der Waals surface area contributed by atoms with Gasteiger partial charge in [0.15, 0.2) is 0 Å². The molecule has 16 heavy (non-hydrogen) atoms. The number of benzene rings is 2. The molecule has 0 amide bonds. The highest BCUT2D eigenvalue weighted by molar-refractivity contribution is 5.54. The molecule has 0 nitrogen and oxygen atoms in total. The third kappa shape index (κ3) is 2.17. The van der Waals surface area contributed by atoms with Crippen LogP contribution in [0.3, 0.4) is 0 Å². The molecule has 0 heteroatoms. The van der Waals surface area contributed by atoms with Crippen molar-refractivity contribution in [2.45, 2.75) is 6.92 Å². The van der Waals surface area contributed by atoms with Crippen LogP contribution in [-0.2, 0) is 0 Å². The molecule has 2 rings (SSSR count). The van der Waals surface area contributed by atoms with Crippen molar-refractivity contribution in [1.82, 2.24) is 0 Å². The van der Waals surface area contributed by atoms with Gasteiger partial charge in [-0.15, -0.1) is 0 Å². The second kappa shape index (κ2) is 4.71. The molecule has 0 heterocycles. The maximum absolute atomic E-state index is 4.07. The highest BCUT2D eigenvalue weighted by atomic mass is 14.2. The Morgan fingerprint density at radius 1 is 0.812 bits per heavy atom. The lowest BCUT2D eigenvalue weighted by Gasteiger charge is -2.11. The quantitative estimate of drug-likeness (QED) is 0.660. The predicted molar refractivity (Wildman–Crippen MR) is 69.1 cm³/mol. The molecule has 0 atom stereocenters. The van der Waals surface area contributed by atoms with E-state index in [0.29, 0.717) is 0 Å². The lowest BCUT2D eigenvalue weighted by Crippen LogP contribution is -2.02. The second-order valence-corrected chi connectivity index (χ2v) is 3.89. The molecule has 0 unspecified atom stereocenters. The maximum Gasteiger partial charge on any atom is 0.0645 e. The fourth-order valence-corrected chi connectivity index (χ4v) is 1.87. The molecule has 0 radical (unpaired) electrons. The first-order valence-corrected chi connectivity index (χ1v) is 5.42. The smallest absolute Gasteiger partial charge is 0.0512 e. The summed E-state index contributed by atoms with van der Waals surface area (Å²) in [4.78, 5) is 0. The summed E-state index contributed by atoms with van der Waals surface area (Å²) in [5.41, 5.74) is 3.54. The average Bonchev–Trinajstić information content (AvgIpc) is 2.31. The van der Waals surface area contributed by atoms with E-state index in [1.54, 1.807) is 0 Å². The molecule has 2 aromatic carbocycles. The molecule has 78 valence electrons. The van der Waals surface area contributed by atoms with Gasteiger partial charge in [-0.1, -0.05) is 6.58 Å². The Bertz CT molecular complexity index is 414. The zero-order chi connectivity index (χ0) is 11.4. The topological polar surface area (TPSA) is 0 Å². The first-order chi connectivity index (χ1) is 7.79. The number of hydrogen-bond acceptors (Lipinski definition) is 0. The van der Waals surface area contributed by atoms with Crippen molar-refractivity contribution in [3.05, 3.63) is 89.9 Å². The Hall–Kier alpha value is -1.95. The molecule has 2 aromatic rings. The van der Waals surface area contributed by atoms with E-state index < -0.39 is 0 Å². The van der Waals surface area contributed by atoms with Crippen LogP contribution in [-0.4, -0.2) is 0 Å². The first kappa shape index (κ1) is 10.6. The van der Waals surface area contributed by atoms with Gasteiger partial charge in [0.1, 0.15) is 0 Å². The van der Waals surface area contributed by atoms with Gasteiger partial charge in [0, 0.05) is 5.57 Å². The van der Waals surface area contributed by atoms with E-state index in [2.05, 4.69) is 62.0 Å². The van der Waals surface area contributed by atoms with Crippen molar-refractivity contribution in [3.8, 4) is 0 Å². The zero-order valence-electron chi connectivity index (χ0n) is 9.48. The fourth-order valence-electron chi connectivity index (χ4n) is 1.87. The second-order valence-electron chi connectivity index (χ2n) is 3.89. The van der Waals surface area contributed by atoms with Gasteiger partial charge in [0.05, 0.1) is 17.0 Å². The van der Waals surface area contributed by atoms with Crippen molar-refractivity contribution < 1.29 is 0 Å². The molecule has 0 N–H and O–H groups in total. The summed E-state index contributed by atoms with van der Waals surface area (Å²) in [5, 5.41) is 0. The molecule has 0 aliphatic rings.